The van der Waals surface area contributed by atoms with Gasteiger partial charge in [-0.3, -0.25) is 4.79 Å². The van der Waals surface area contributed by atoms with Crippen LogP contribution in [-0.2, 0) is 9.53 Å². The van der Waals surface area contributed by atoms with Gasteiger partial charge in [-0.15, -0.1) is 12.4 Å². The van der Waals surface area contributed by atoms with Crippen LogP contribution in [0, 0.1) is 0 Å². The Morgan fingerprint density at radius 2 is 2.31 bits per heavy atom. The first-order chi connectivity index (χ1) is 7.15. The van der Waals surface area contributed by atoms with E-state index in [2.05, 4.69) is 5.32 Å². The number of hydrogen-bond donors (Lipinski definition) is 1. The first-order valence-corrected chi connectivity index (χ1v) is 5.63. The maximum atomic E-state index is 11.8. The molecule has 1 saturated heterocycles. The number of halogens is 1. The van der Waals surface area contributed by atoms with Gasteiger partial charge in [0.15, 0.2) is 0 Å². The second-order valence-corrected chi connectivity index (χ2v) is 4.31. The summed E-state index contributed by atoms with van der Waals surface area (Å²) in [6, 6.07) is 0.540. The van der Waals surface area contributed by atoms with Crippen LogP contribution in [-0.4, -0.2) is 50.2 Å². The standard InChI is InChI=1S/C11H22N2O2.ClH/c1-9(8-15-3)13(2)11(14)7-10-5-4-6-12-10;/h9-10,12H,4-8H2,1-3H3;1H. The number of nitrogens with zero attached hydrogens (tertiary/aromatic N) is 1. The molecule has 1 aliphatic heterocycles. The normalized spacial score (nSPS) is 21.3. The maximum absolute atomic E-state index is 11.8. The van der Waals surface area contributed by atoms with Crippen molar-refractivity contribution in [2.24, 2.45) is 0 Å². The van der Waals surface area contributed by atoms with Gasteiger partial charge in [-0.05, 0) is 26.3 Å². The summed E-state index contributed by atoms with van der Waals surface area (Å²) >= 11 is 0. The number of rotatable bonds is 5. The molecule has 2 unspecified atom stereocenters. The molecule has 16 heavy (non-hydrogen) atoms. The van der Waals surface area contributed by atoms with Crippen molar-refractivity contribution in [2.75, 3.05) is 27.3 Å². The fraction of sp³-hybridized carbons (Fsp3) is 0.909. The van der Waals surface area contributed by atoms with Crippen LogP contribution in [0.15, 0.2) is 0 Å². The SMILES string of the molecule is COCC(C)N(C)C(=O)CC1CCCN1.Cl. The predicted octanol–water partition coefficient (Wildman–Crippen LogP) is 1.04. The quantitative estimate of drug-likeness (QED) is 0.793. The minimum atomic E-state index is 0. The van der Waals surface area contributed by atoms with Gasteiger partial charge in [0.1, 0.15) is 0 Å². The van der Waals surface area contributed by atoms with Gasteiger partial charge in [0.25, 0.3) is 0 Å². The maximum Gasteiger partial charge on any atom is 0.224 e. The van der Waals surface area contributed by atoms with Crippen molar-refractivity contribution >= 4 is 18.3 Å². The second-order valence-electron chi connectivity index (χ2n) is 4.31. The summed E-state index contributed by atoms with van der Waals surface area (Å²) in [5.74, 6) is 0.207. The molecule has 96 valence electrons. The summed E-state index contributed by atoms with van der Waals surface area (Å²) in [5.41, 5.74) is 0. The zero-order chi connectivity index (χ0) is 11.3. The number of carbonyl (C=O) groups is 1. The van der Waals surface area contributed by atoms with Gasteiger partial charge in [-0.1, -0.05) is 0 Å². The molecule has 0 aromatic rings. The average Bonchev–Trinajstić information content (AvgIpc) is 2.69. The molecular weight excluding hydrogens is 228 g/mol. The lowest BCUT2D eigenvalue weighted by molar-refractivity contribution is -0.133. The first-order valence-electron chi connectivity index (χ1n) is 5.63. The number of hydrogen-bond acceptors (Lipinski definition) is 3. The molecule has 1 amide bonds. The van der Waals surface area contributed by atoms with Gasteiger partial charge in [-0.2, -0.15) is 0 Å². The largest absolute Gasteiger partial charge is 0.383 e. The van der Waals surface area contributed by atoms with E-state index in [4.69, 9.17) is 4.74 Å². The molecule has 1 N–H and O–H groups in total. The fourth-order valence-electron chi connectivity index (χ4n) is 1.88. The van der Waals surface area contributed by atoms with Crippen molar-refractivity contribution in [3.63, 3.8) is 0 Å². The fourth-order valence-corrected chi connectivity index (χ4v) is 1.88. The highest BCUT2D eigenvalue weighted by atomic mass is 35.5. The summed E-state index contributed by atoms with van der Waals surface area (Å²) in [5, 5.41) is 3.33. The lowest BCUT2D eigenvalue weighted by Gasteiger charge is -2.25. The van der Waals surface area contributed by atoms with Crippen LogP contribution in [0.25, 0.3) is 0 Å². The van der Waals surface area contributed by atoms with E-state index >= 15 is 0 Å². The monoisotopic (exact) mass is 250 g/mol. The van der Waals surface area contributed by atoms with Crippen LogP contribution in [0.5, 0.6) is 0 Å². The number of methoxy groups -OCH3 is 1. The van der Waals surface area contributed by atoms with E-state index in [1.807, 2.05) is 14.0 Å². The molecule has 0 saturated carbocycles. The minimum absolute atomic E-state index is 0. The third-order valence-electron chi connectivity index (χ3n) is 3.05. The Morgan fingerprint density at radius 1 is 1.62 bits per heavy atom. The molecule has 0 aromatic heterocycles. The van der Waals surface area contributed by atoms with E-state index in [1.54, 1.807) is 12.0 Å². The second kappa shape index (κ2) is 7.87. The lowest BCUT2D eigenvalue weighted by Crippen LogP contribution is -2.40. The van der Waals surface area contributed by atoms with Crippen molar-refractivity contribution in [3.8, 4) is 0 Å². The number of nitrogens with one attached hydrogen (secondary N) is 1. The van der Waals surface area contributed by atoms with E-state index in [1.165, 1.54) is 6.42 Å². The molecule has 4 nitrogen and oxygen atoms in total. The Kier molecular flexibility index (Phi) is 7.72. The summed E-state index contributed by atoms with van der Waals surface area (Å²) in [6.07, 6.45) is 2.93. The summed E-state index contributed by atoms with van der Waals surface area (Å²) < 4.78 is 5.04. The van der Waals surface area contributed by atoms with Gasteiger partial charge in [0, 0.05) is 26.6 Å². The Balaban J connectivity index is 0.00000225. The average molecular weight is 251 g/mol. The topological polar surface area (TPSA) is 41.6 Å². The summed E-state index contributed by atoms with van der Waals surface area (Å²) in [7, 11) is 3.51. The molecule has 0 spiro atoms. The van der Waals surface area contributed by atoms with Gasteiger partial charge < -0.3 is 15.0 Å². The van der Waals surface area contributed by atoms with Crippen LogP contribution in [0.1, 0.15) is 26.2 Å². The number of ether oxygens (including phenoxy) is 1. The van der Waals surface area contributed by atoms with Gasteiger partial charge >= 0.3 is 0 Å². The molecule has 0 radical (unpaired) electrons. The Bertz CT molecular complexity index is 208. The molecule has 2 atom stereocenters. The van der Waals surface area contributed by atoms with Crippen LogP contribution in [0.4, 0.5) is 0 Å². The van der Waals surface area contributed by atoms with E-state index < -0.39 is 0 Å². The van der Waals surface area contributed by atoms with Gasteiger partial charge in [0.05, 0.1) is 12.6 Å². The molecule has 1 rings (SSSR count). The van der Waals surface area contributed by atoms with E-state index in [0.29, 0.717) is 19.1 Å². The highest BCUT2D eigenvalue weighted by Gasteiger charge is 2.22. The molecule has 1 fully saturated rings. The van der Waals surface area contributed by atoms with E-state index in [0.717, 1.165) is 13.0 Å². The van der Waals surface area contributed by atoms with E-state index in [-0.39, 0.29) is 24.4 Å². The summed E-state index contributed by atoms with van der Waals surface area (Å²) in [4.78, 5) is 13.6. The van der Waals surface area contributed by atoms with Crippen molar-refractivity contribution < 1.29 is 9.53 Å². The van der Waals surface area contributed by atoms with Crippen molar-refractivity contribution in [1.29, 1.82) is 0 Å². The third-order valence-corrected chi connectivity index (χ3v) is 3.05. The van der Waals surface area contributed by atoms with Crippen LogP contribution >= 0.6 is 12.4 Å². The highest BCUT2D eigenvalue weighted by molar-refractivity contribution is 5.85. The van der Waals surface area contributed by atoms with Crippen molar-refractivity contribution in [2.45, 2.75) is 38.3 Å². The Morgan fingerprint density at radius 3 is 2.81 bits per heavy atom. The number of carbonyl (C=O) groups excluding carboxylic acids is 1. The third kappa shape index (κ3) is 4.68. The number of likely N-dealkylation sites (N-methyl/N-ethyl adjacent to an activating group) is 1. The van der Waals surface area contributed by atoms with E-state index in [9.17, 15) is 4.79 Å². The number of amides is 1. The first kappa shape index (κ1) is 15.7. The molecule has 5 heteroatoms. The zero-order valence-electron chi connectivity index (χ0n) is 10.4. The molecule has 1 heterocycles. The Hall–Kier alpha value is -0.320. The molecule has 1 aliphatic rings. The van der Waals surface area contributed by atoms with Crippen LogP contribution < -0.4 is 5.32 Å². The van der Waals surface area contributed by atoms with Crippen molar-refractivity contribution in [1.82, 2.24) is 10.2 Å². The molecular formula is C11H23ClN2O2. The van der Waals surface area contributed by atoms with Gasteiger partial charge in [0.2, 0.25) is 5.91 Å². The molecule has 0 aliphatic carbocycles. The Labute approximate surface area is 104 Å². The van der Waals surface area contributed by atoms with Crippen molar-refractivity contribution in [3.05, 3.63) is 0 Å². The van der Waals surface area contributed by atoms with Crippen LogP contribution in [0.2, 0.25) is 0 Å². The minimum Gasteiger partial charge on any atom is -0.383 e. The molecule has 0 bridgehead atoms. The highest BCUT2D eigenvalue weighted by Crippen LogP contribution is 2.11. The summed E-state index contributed by atoms with van der Waals surface area (Å²) in [6.45, 7) is 3.65. The lowest BCUT2D eigenvalue weighted by atomic mass is 10.1. The molecule has 0 aromatic carbocycles. The zero-order valence-corrected chi connectivity index (χ0v) is 11.2. The van der Waals surface area contributed by atoms with Crippen LogP contribution in [0.3, 0.4) is 0 Å². The smallest absolute Gasteiger partial charge is 0.224 e. The predicted molar refractivity (Wildman–Crippen MR) is 67.0 cm³/mol. The van der Waals surface area contributed by atoms with Gasteiger partial charge in [-0.25, -0.2) is 0 Å².